The second kappa shape index (κ2) is 6.12. The third-order valence-corrected chi connectivity index (χ3v) is 5.84. The minimum Gasteiger partial charge on any atom is -0.481 e. The van der Waals surface area contributed by atoms with Crippen LogP contribution >= 0.6 is 27.3 Å². The molecule has 0 amide bonds. The van der Waals surface area contributed by atoms with Gasteiger partial charge in [0, 0.05) is 9.35 Å². The van der Waals surface area contributed by atoms with E-state index in [-0.39, 0.29) is 16.3 Å². The largest absolute Gasteiger partial charge is 0.481 e. The summed E-state index contributed by atoms with van der Waals surface area (Å²) >= 11 is 3.96. The summed E-state index contributed by atoms with van der Waals surface area (Å²) in [5.74, 6) is -1.75. The molecule has 0 aliphatic carbocycles. The molecule has 0 aliphatic heterocycles. The third kappa shape index (κ3) is 4.02. The fourth-order valence-corrected chi connectivity index (χ4v) is 4.28. The van der Waals surface area contributed by atoms with E-state index in [1.165, 1.54) is 24.3 Å². The molecule has 0 fully saturated rings. The molecule has 2 N–H and O–H groups in total. The molecule has 0 saturated heterocycles. The summed E-state index contributed by atoms with van der Waals surface area (Å²) in [7, 11) is -3.95. The Morgan fingerprint density at radius 3 is 2.71 bits per heavy atom. The number of hydrogen-bond acceptors (Lipinski definition) is 4. The van der Waals surface area contributed by atoms with E-state index in [4.69, 9.17) is 5.11 Å². The van der Waals surface area contributed by atoms with Crippen LogP contribution < -0.4 is 4.72 Å². The lowest BCUT2D eigenvalue weighted by Crippen LogP contribution is -2.12. The van der Waals surface area contributed by atoms with Crippen LogP contribution in [0.2, 0.25) is 0 Å². The highest BCUT2D eigenvalue weighted by molar-refractivity contribution is 9.10. The van der Waals surface area contributed by atoms with Gasteiger partial charge in [0.25, 0.3) is 10.0 Å². The molecule has 0 radical (unpaired) electrons. The lowest BCUT2D eigenvalue weighted by Gasteiger charge is -2.07. The fraction of sp³-hybridized carbons (Fsp3) is 0.0833. The summed E-state index contributed by atoms with van der Waals surface area (Å²) in [6.45, 7) is 0. The molecular weight excluding hydrogens is 385 g/mol. The van der Waals surface area contributed by atoms with Gasteiger partial charge in [-0.2, -0.15) is 0 Å². The Kier molecular flexibility index (Phi) is 4.64. The Labute approximate surface area is 132 Å². The molecule has 9 heteroatoms. The first-order valence-corrected chi connectivity index (χ1v) is 8.65. The molecular formula is C12H9BrFNO4S2. The Morgan fingerprint density at radius 1 is 1.33 bits per heavy atom. The van der Waals surface area contributed by atoms with Gasteiger partial charge in [0.05, 0.1) is 12.1 Å². The van der Waals surface area contributed by atoms with E-state index in [9.17, 15) is 17.6 Å². The van der Waals surface area contributed by atoms with Gasteiger partial charge in [0.15, 0.2) is 0 Å². The first-order chi connectivity index (χ1) is 9.78. The second-order valence-electron chi connectivity index (χ2n) is 4.02. The molecule has 112 valence electrons. The summed E-state index contributed by atoms with van der Waals surface area (Å²) in [4.78, 5) is 11.0. The normalized spacial score (nSPS) is 11.3. The van der Waals surface area contributed by atoms with E-state index in [0.717, 1.165) is 17.4 Å². The third-order valence-electron chi connectivity index (χ3n) is 2.40. The second-order valence-corrected chi connectivity index (χ2v) is 8.01. The number of rotatable bonds is 5. The smallest absolute Gasteiger partial charge is 0.308 e. The van der Waals surface area contributed by atoms with Crippen LogP contribution in [0, 0.1) is 5.82 Å². The molecule has 0 bridgehead atoms. The molecule has 0 unspecified atom stereocenters. The highest BCUT2D eigenvalue weighted by Crippen LogP contribution is 2.27. The van der Waals surface area contributed by atoms with Crippen LogP contribution in [-0.2, 0) is 21.2 Å². The quantitative estimate of drug-likeness (QED) is 0.817. The first kappa shape index (κ1) is 15.9. The minimum atomic E-state index is -3.95. The number of thiophene rings is 1. The number of aliphatic carboxylic acids is 1. The van der Waals surface area contributed by atoms with Crippen LogP contribution in [0.1, 0.15) is 4.88 Å². The van der Waals surface area contributed by atoms with Gasteiger partial charge in [0.1, 0.15) is 10.0 Å². The first-order valence-electron chi connectivity index (χ1n) is 5.56. The Balaban J connectivity index is 2.28. The molecule has 1 aromatic carbocycles. The topological polar surface area (TPSA) is 83.5 Å². The van der Waals surface area contributed by atoms with Crippen molar-refractivity contribution in [2.45, 2.75) is 10.6 Å². The highest BCUT2D eigenvalue weighted by atomic mass is 79.9. The molecule has 2 aromatic rings. The maximum absolute atomic E-state index is 13.6. The van der Waals surface area contributed by atoms with Gasteiger partial charge in [-0.3, -0.25) is 9.52 Å². The van der Waals surface area contributed by atoms with Gasteiger partial charge in [-0.15, -0.1) is 11.3 Å². The van der Waals surface area contributed by atoms with Crippen molar-refractivity contribution in [1.82, 2.24) is 0 Å². The molecule has 1 heterocycles. The van der Waals surface area contributed by atoms with Crippen LogP contribution in [0.4, 0.5) is 10.1 Å². The number of sulfonamides is 1. The maximum atomic E-state index is 13.6. The van der Waals surface area contributed by atoms with E-state index in [2.05, 4.69) is 20.7 Å². The van der Waals surface area contributed by atoms with Crippen LogP contribution in [0.25, 0.3) is 0 Å². The Morgan fingerprint density at radius 2 is 2.05 bits per heavy atom. The van der Waals surface area contributed by atoms with Gasteiger partial charge in [-0.1, -0.05) is 15.9 Å². The summed E-state index contributed by atoms with van der Waals surface area (Å²) in [5.41, 5.74) is -0.183. The van der Waals surface area contributed by atoms with Crippen molar-refractivity contribution in [2.75, 3.05) is 4.72 Å². The Hall–Kier alpha value is -1.45. The average molecular weight is 394 g/mol. The van der Waals surface area contributed by atoms with E-state index in [1.54, 1.807) is 0 Å². The Bertz CT molecular complexity index is 788. The van der Waals surface area contributed by atoms with Gasteiger partial charge < -0.3 is 5.11 Å². The van der Waals surface area contributed by atoms with Crippen molar-refractivity contribution in [2.24, 2.45) is 0 Å². The molecule has 0 aliphatic rings. The van der Waals surface area contributed by atoms with Crippen LogP contribution in [-0.4, -0.2) is 19.5 Å². The van der Waals surface area contributed by atoms with E-state index < -0.39 is 21.8 Å². The number of nitrogens with one attached hydrogen (secondary N) is 1. The number of hydrogen-bond donors (Lipinski definition) is 2. The number of carboxylic acids is 1. The minimum absolute atomic E-state index is 0.0712. The number of carbonyl (C=O) groups is 1. The maximum Gasteiger partial charge on any atom is 0.308 e. The van der Waals surface area contributed by atoms with E-state index in [0.29, 0.717) is 9.35 Å². The monoisotopic (exact) mass is 393 g/mol. The zero-order chi connectivity index (χ0) is 15.6. The molecule has 2 rings (SSSR count). The van der Waals surface area contributed by atoms with Crippen LogP contribution in [0.3, 0.4) is 0 Å². The SMILES string of the molecule is O=C(O)Cc1ccc(S(=O)(=O)Nc2cc(Br)ccc2F)s1. The van der Waals surface area contributed by atoms with Crippen molar-refractivity contribution < 1.29 is 22.7 Å². The molecule has 0 saturated carbocycles. The molecule has 0 atom stereocenters. The predicted octanol–water partition coefficient (Wildman–Crippen LogP) is 3.08. The van der Waals surface area contributed by atoms with Crippen molar-refractivity contribution in [3.8, 4) is 0 Å². The van der Waals surface area contributed by atoms with E-state index in [1.807, 2.05) is 0 Å². The highest BCUT2D eigenvalue weighted by Gasteiger charge is 2.19. The lowest BCUT2D eigenvalue weighted by molar-refractivity contribution is -0.136. The van der Waals surface area contributed by atoms with Crippen LogP contribution in [0.15, 0.2) is 39.0 Å². The molecule has 5 nitrogen and oxygen atoms in total. The van der Waals surface area contributed by atoms with Gasteiger partial charge in [-0.25, -0.2) is 12.8 Å². The summed E-state index contributed by atoms with van der Waals surface area (Å²) in [5, 5.41) is 8.67. The zero-order valence-corrected chi connectivity index (χ0v) is 13.6. The van der Waals surface area contributed by atoms with Crippen molar-refractivity contribution >= 4 is 48.9 Å². The summed E-state index contributed by atoms with van der Waals surface area (Å²) in [6.07, 6.45) is -0.258. The van der Waals surface area contributed by atoms with E-state index >= 15 is 0 Å². The lowest BCUT2D eigenvalue weighted by atomic mass is 10.3. The summed E-state index contributed by atoms with van der Waals surface area (Å²) in [6, 6.07) is 6.60. The molecule has 0 spiro atoms. The molecule has 1 aromatic heterocycles. The van der Waals surface area contributed by atoms with Gasteiger partial charge >= 0.3 is 5.97 Å². The summed E-state index contributed by atoms with van der Waals surface area (Å²) < 4.78 is 40.4. The predicted molar refractivity (Wildman–Crippen MR) is 80.6 cm³/mol. The fourth-order valence-electron chi connectivity index (χ4n) is 1.52. The van der Waals surface area contributed by atoms with Crippen LogP contribution in [0.5, 0.6) is 0 Å². The average Bonchev–Trinajstić information content (AvgIpc) is 2.82. The van der Waals surface area contributed by atoms with Crippen molar-refractivity contribution in [3.05, 3.63) is 45.5 Å². The molecule has 21 heavy (non-hydrogen) atoms. The number of carboxylic acid groups (broad SMARTS) is 1. The van der Waals surface area contributed by atoms with Gasteiger partial charge in [-0.05, 0) is 30.3 Å². The standard InChI is InChI=1S/C12H9BrFNO4S2/c13-7-1-3-9(14)10(5-7)15-21(18,19)12-4-2-8(20-12)6-11(16)17/h1-5,15H,6H2,(H,16,17). The number of halogens is 2. The zero-order valence-electron chi connectivity index (χ0n) is 10.3. The number of anilines is 1. The van der Waals surface area contributed by atoms with Crippen molar-refractivity contribution in [3.63, 3.8) is 0 Å². The van der Waals surface area contributed by atoms with Gasteiger partial charge in [0.2, 0.25) is 0 Å². The number of benzene rings is 1. The van der Waals surface area contributed by atoms with Crippen molar-refractivity contribution in [1.29, 1.82) is 0 Å².